The molecule has 25 heavy (non-hydrogen) atoms. The Hall–Kier alpha value is -1.10. The lowest BCUT2D eigenvalue weighted by atomic mass is 10.1. The molecule has 0 fully saturated rings. The van der Waals surface area contributed by atoms with Crippen LogP contribution >= 0.6 is 0 Å². The summed E-state index contributed by atoms with van der Waals surface area (Å²) in [7, 11) is 0. The van der Waals surface area contributed by atoms with E-state index in [0.717, 1.165) is 38.5 Å². The fraction of sp³-hybridized carbons (Fsp3) is 0.900. The number of hydrogen-bond donors (Lipinski definition) is 1. The summed E-state index contributed by atoms with van der Waals surface area (Å²) in [6.45, 7) is 3.93. The number of ether oxygens (including phenoxy) is 2. The van der Waals surface area contributed by atoms with E-state index in [4.69, 9.17) is 9.47 Å². The van der Waals surface area contributed by atoms with Gasteiger partial charge in [0, 0.05) is 12.8 Å². The van der Waals surface area contributed by atoms with Gasteiger partial charge in [-0.05, 0) is 12.8 Å². The van der Waals surface area contributed by atoms with Gasteiger partial charge in [0.05, 0.1) is 6.61 Å². The number of aliphatic hydroxyl groups is 1. The number of rotatable bonds is 17. The number of unbranched alkanes of at least 4 members (excludes halogenated alkanes) is 9. The van der Waals surface area contributed by atoms with Gasteiger partial charge in [-0.15, -0.1) is 0 Å². The molecule has 0 aliphatic heterocycles. The van der Waals surface area contributed by atoms with E-state index in [1.807, 2.05) is 0 Å². The molecule has 0 aromatic carbocycles. The zero-order chi connectivity index (χ0) is 18.8. The highest BCUT2D eigenvalue weighted by Crippen LogP contribution is 2.09. The maximum atomic E-state index is 11.7. The monoisotopic (exact) mass is 358 g/mol. The van der Waals surface area contributed by atoms with Crippen molar-refractivity contribution in [2.24, 2.45) is 0 Å². The lowest BCUT2D eigenvalue weighted by molar-refractivity contribution is -0.161. The van der Waals surface area contributed by atoms with Crippen LogP contribution in [0.5, 0.6) is 0 Å². The Bertz CT molecular complexity index is 330. The Morgan fingerprint density at radius 2 is 1.24 bits per heavy atom. The molecule has 0 bridgehead atoms. The first-order chi connectivity index (χ1) is 12.1. The van der Waals surface area contributed by atoms with Crippen LogP contribution < -0.4 is 0 Å². The molecule has 0 amide bonds. The van der Waals surface area contributed by atoms with E-state index in [1.165, 1.54) is 32.1 Å². The first-order valence-electron chi connectivity index (χ1n) is 10.1. The molecule has 148 valence electrons. The summed E-state index contributed by atoms with van der Waals surface area (Å²) in [5.41, 5.74) is 0. The first-order valence-corrected chi connectivity index (χ1v) is 10.1. The highest BCUT2D eigenvalue weighted by molar-refractivity contribution is 5.70. The molecule has 0 saturated heterocycles. The molecule has 0 aromatic rings. The van der Waals surface area contributed by atoms with Gasteiger partial charge in [0.2, 0.25) is 0 Å². The molecule has 0 rings (SSSR count). The first kappa shape index (κ1) is 23.9. The lowest BCUT2D eigenvalue weighted by Gasteiger charge is -2.15. The van der Waals surface area contributed by atoms with Gasteiger partial charge in [-0.2, -0.15) is 0 Å². The quantitative estimate of drug-likeness (QED) is 0.305. The summed E-state index contributed by atoms with van der Waals surface area (Å²) in [5.74, 6) is -0.618. The van der Waals surface area contributed by atoms with E-state index >= 15 is 0 Å². The van der Waals surface area contributed by atoms with Crippen LogP contribution in [0.15, 0.2) is 0 Å². The third-order valence-corrected chi connectivity index (χ3v) is 4.15. The van der Waals surface area contributed by atoms with Crippen molar-refractivity contribution in [1.82, 2.24) is 0 Å². The number of hydrogen-bond acceptors (Lipinski definition) is 5. The molecule has 1 atom stereocenters. The second kappa shape index (κ2) is 17.7. The van der Waals surface area contributed by atoms with Crippen molar-refractivity contribution >= 4 is 11.9 Å². The molecule has 0 radical (unpaired) electrons. The van der Waals surface area contributed by atoms with Crippen LogP contribution in [0.1, 0.15) is 97.3 Å². The minimum Gasteiger partial charge on any atom is -0.462 e. The Kier molecular flexibility index (Phi) is 16.9. The summed E-state index contributed by atoms with van der Waals surface area (Å²) in [5, 5.41) is 9.26. The van der Waals surface area contributed by atoms with Gasteiger partial charge < -0.3 is 14.6 Å². The van der Waals surface area contributed by atoms with Gasteiger partial charge in [-0.3, -0.25) is 9.59 Å². The number of carbonyl (C=O) groups is 2. The fourth-order valence-corrected chi connectivity index (χ4v) is 2.55. The Labute approximate surface area is 153 Å². The van der Waals surface area contributed by atoms with Gasteiger partial charge in [0.1, 0.15) is 6.61 Å². The highest BCUT2D eigenvalue weighted by Gasteiger charge is 2.15. The van der Waals surface area contributed by atoms with E-state index < -0.39 is 6.10 Å². The predicted octanol–water partition coefficient (Wildman–Crippen LogP) is 4.54. The third kappa shape index (κ3) is 16.1. The maximum absolute atomic E-state index is 11.7. The molecule has 5 heteroatoms. The summed E-state index contributed by atoms with van der Waals surface area (Å²) in [6, 6.07) is 0. The van der Waals surface area contributed by atoms with Crippen molar-refractivity contribution in [2.75, 3.05) is 13.2 Å². The topological polar surface area (TPSA) is 72.8 Å². The van der Waals surface area contributed by atoms with Crippen LogP contribution in [-0.2, 0) is 19.1 Å². The summed E-state index contributed by atoms with van der Waals surface area (Å²) < 4.78 is 10.3. The SMILES string of the molecule is CCCCCCCCC(=O)OC(CO)COC(=O)CCCCCCC. The second-order valence-corrected chi connectivity index (χ2v) is 6.66. The van der Waals surface area contributed by atoms with Gasteiger partial charge in [0.25, 0.3) is 0 Å². The molecular weight excluding hydrogens is 320 g/mol. The molecule has 0 heterocycles. The predicted molar refractivity (Wildman–Crippen MR) is 99.3 cm³/mol. The Morgan fingerprint density at radius 3 is 1.76 bits per heavy atom. The summed E-state index contributed by atoms with van der Waals surface area (Å²) >= 11 is 0. The van der Waals surface area contributed by atoms with Crippen LogP contribution in [0.4, 0.5) is 0 Å². The summed E-state index contributed by atoms with van der Waals surface area (Å²) in [6.07, 6.45) is 11.9. The van der Waals surface area contributed by atoms with Crippen molar-refractivity contribution in [3.8, 4) is 0 Å². The molecule has 0 aromatic heterocycles. The normalized spacial score (nSPS) is 12.0. The zero-order valence-corrected chi connectivity index (χ0v) is 16.3. The average molecular weight is 359 g/mol. The van der Waals surface area contributed by atoms with Crippen LogP contribution in [0.3, 0.4) is 0 Å². The standard InChI is InChI=1S/C20H38O5/c1-3-5-7-9-11-13-15-20(23)25-18(16-21)17-24-19(22)14-12-10-8-6-4-2/h18,21H,3-17H2,1-2H3. The maximum Gasteiger partial charge on any atom is 0.306 e. The molecular formula is C20H38O5. The van der Waals surface area contributed by atoms with Crippen LogP contribution in [0, 0.1) is 0 Å². The van der Waals surface area contributed by atoms with Gasteiger partial charge in [-0.25, -0.2) is 0 Å². The molecule has 0 spiro atoms. The van der Waals surface area contributed by atoms with Crippen LogP contribution in [-0.4, -0.2) is 36.4 Å². The highest BCUT2D eigenvalue weighted by atomic mass is 16.6. The number of esters is 2. The van der Waals surface area contributed by atoms with Crippen molar-refractivity contribution in [1.29, 1.82) is 0 Å². The van der Waals surface area contributed by atoms with Gasteiger partial charge >= 0.3 is 11.9 Å². The third-order valence-electron chi connectivity index (χ3n) is 4.15. The van der Waals surface area contributed by atoms with Gasteiger partial charge in [-0.1, -0.05) is 71.6 Å². The molecule has 1 N–H and O–H groups in total. The van der Waals surface area contributed by atoms with Crippen molar-refractivity contribution in [3.05, 3.63) is 0 Å². The number of carbonyl (C=O) groups excluding carboxylic acids is 2. The minimum atomic E-state index is -0.753. The van der Waals surface area contributed by atoms with Crippen molar-refractivity contribution < 1.29 is 24.2 Å². The molecule has 1 unspecified atom stereocenters. The Balaban J connectivity index is 3.71. The number of aliphatic hydroxyl groups excluding tert-OH is 1. The lowest BCUT2D eigenvalue weighted by Crippen LogP contribution is -2.28. The minimum absolute atomic E-state index is 0.0630. The molecule has 5 nitrogen and oxygen atoms in total. The van der Waals surface area contributed by atoms with Crippen LogP contribution in [0.25, 0.3) is 0 Å². The Morgan fingerprint density at radius 1 is 0.760 bits per heavy atom. The summed E-state index contributed by atoms with van der Waals surface area (Å²) in [4.78, 5) is 23.4. The largest absolute Gasteiger partial charge is 0.462 e. The molecule has 0 saturated carbocycles. The van der Waals surface area contributed by atoms with E-state index in [2.05, 4.69) is 13.8 Å². The van der Waals surface area contributed by atoms with Crippen molar-refractivity contribution in [3.63, 3.8) is 0 Å². The van der Waals surface area contributed by atoms with Crippen LogP contribution in [0.2, 0.25) is 0 Å². The average Bonchev–Trinajstić information content (AvgIpc) is 2.61. The second-order valence-electron chi connectivity index (χ2n) is 6.66. The van der Waals surface area contributed by atoms with E-state index in [1.54, 1.807) is 0 Å². The van der Waals surface area contributed by atoms with E-state index in [0.29, 0.717) is 12.8 Å². The molecule has 0 aliphatic carbocycles. The van der Waals surface area contributed by atoms with Crippen molar-refractivity contribution in [2.45, 2.75) is 103 Å². The zero-order valence-electron chi connectivity index (χ0n) is 16.3. The van der Waals surface area contributed by atoms with Gasteiger partial charge in [0.15, 0.2) is 6.10 Å². The van der Waals surface area contributed by atoms with E-state index in [-0.39, 0.29) is 25.2 Å². The molecule has 0 aliphatic rings. The van der Waals surface area contributed by atoms with E-state index in [9.17, 15) is 14.7 Å². The smallest absolute Gasteiger partial charge is 0.306 e. The fourth-order valence-electron chi connectivity index (χ4n) is 2.55.